The van der Waals surface area contributed by atoms with E-state index in [-0.39, 0.29) is 5.78 Å². The minimum Gasteiger partial charge on any atom is -0.399 e. The number of hydrogen-bond donors (Lipinski definition) is 1. The monoisotopic (exact) mass is 265 g/mol. The second-order valence-electron chi connectivity index (χ2n) is 5.56. The second-order valence-corrected chi connectivity index (χ2v) is 5.56. The average molecular weight is 265 g/mol. The lowest BCUT2D eigenvalue weighted by molar-refractivity contribution is 0.0991. The first-order valence-electron chi connectivity index (χ1n) is 7.20. The molecule has 1 aliphatic carbocycles. The number of Topliss-reactive ketones (excluding diaryl/α,β-unsaturated/α-hetero) is 1. The Bertz CT molecular complexity index is 629. The maximum absolute atomic E-state index is 12.5. The molecule has 1 aliphatic rings. The minimum atomic E-state index is 0.193. The van der Waals surface area contributed by atoms with Gasteiger partial charge >= 0.3 is 0 Å². The van der Waals surface area contributed by atoms with Crippen molar-refractivity contribution in [2.45, 2.75) is 31.6 Å². The van der Waals surface area contributed by atoms with Crippen molar-refractivity contribution in [1.82, 2.24) is 0 Å². The highest BCUT2D eigenvalue weighted by atomic mass is 16.1. The van der Waals surface area contributed by atoms with Crippen molar-refractivity contribution in [1.29, 1.82) is 0 Å². The summed E-state index contributed by atoms with van der Waals surface area (Å²) in [6, 6.07) is 15.6. The third kappa shape index (κ3) is 2.60. The standard InChI is InChI=1S/C18H19NO/c19-15-8-3-5-13(11-15)12-18(20)17-10-2-1-9-16(17)14-6-4-7-14/h1-3,5,8-11,14H,4,6-7,12,19H2. The van der Waals surface area contributed by atoms with Gasteiger partial charge in [0.05, 0.1) is 0 Å². The van der Waals surface area contributed by atoms with Crippen molar-refractivity contribution < 1.29 is 4.79 Å². The van der Waals surface area contributed by atoms with Crippen LogP contribution < -0.4 is 5.73 Å². The Morgan fingerprint density at radius 3 is 2.60 bits per heavy atom. The topological polar surface area (TPSA) is 43.1 Å². The van der Waals surface area contributed by atoms with Crippen LogP contribution in [0.3, 0.4) is 0 Å². The first kappa shape index (κ1) is 12.9. The summed E-state index contributed by atoms with van der Waals surface area (Å²) in [5.41, 5.74) is 9.58. The van der Waals surface area contributed by atoms with Gasteiger partial charge in [-0.05, 0) is 42.0 Å². The number of ketones is 1. The summed E-state index contributed by atoms with van der Waals surface area (Å²) >= 11 is 0. The van der Waals surface area contributed by atoms with E-state index in [1.807, 2.05) is 42.5 Å². The summed E-state index contributed by atoms with van der Waals surface area (Å²) in [6.45, 7) is 0. The van der Waals surface area contributed by atoms with E-state index in [0.29, 0.717) is 18.0 Å². The molecule has 0 amide bonds. The van der Waals surface area contributed by atoms with Crippen LogP contribution in [0.15, 0.2) is 48.5 Å². The Morgan fingerprint density at radius 1 is 1.10 bits per heavy atom. The number of hydrogen-bond acceptors (Lipinski definition) is 2. The fourth-order valence-corrected chi connectivity index (χ4v) is 2.81. The van der Waals surface area contributed by atoms with Crippen LogP contribution in [0.25, 0.3) is 0 Å². The lowest BCUT2D eigenvalue weighted by Crippen LogP contribution is -2.15. The summed E-state index contributed by atoms with van der Waals surface area (Å²) in [4.78, 5) is 12.5. The second kappa shape index (κ2) is 5.49. The first-order chi connectivity index (χ1) is 9.74. The number of rotatable bonds is 4. The number of carbonyl (C=O) groups is 1. The molecule has 2 nitrogen and oxygen atoms in total. The molecule has 2 aromatic rings. The zero-order valence-electron chi connectivity index (χ0n) is 11.5. The van der Waals surface area contributed by atoms with Crippen molar-refractivity contribution >= 4 is 11.5 Å². The van der Waals surface area contributed by atoms with Gasteiger partial charge < -0.3 is 5.73 Å². The summed E-state index contributed by atoms with van der Waals surface area (Å²) < 4.78 is 0. The van der Waals surface area contributed by atoms with Crippen LogP contribution >= 0.6 is 0 Å². The van der Waals surface area contributed by atoms with Gasteiger partial charge in [-0.1, -0.05) is 42.8 Å². The Balaban J connectivity index is 1.83. The fourth-order valence-electron chi connectivity index (χ4n) is 2.81. The Morgan fingerprint density at radius 2 is 1.90 bits per heavy atom. The van der Waals surface area contributed by atoms with Gasteiger partial charge in [-0.15, -0.1) is 0 Å². The molecule has 0 aromatic heterocycles. The van der Waals surface area contributed by atoms with Crippen molar-refractivity contribution in [3.63, 3.8) is 0 Å². The smallest absolute Gasteiger partial charge is 0.167 e. The highest BCUT2D eigenvalue weighted by Gasteiger charge is 2.24. The molecular weight excluding hydrogens is 246 g/mol. The van der Waals surface area contributed by atoms with Gasteiger partial charge in [0.1, 0.15) is 0 Å². The highest BCUT2D eigenvalue weighted by Crippen LogP contribution is 2.38. The molecule has 0 heterocycles. The predicted octanol–water partition coefficient (Wildman–Crippen LogP) is 3.96. The van der Waals surface area contributed by atoms with Gasteiger partial charge in [-0.2, -0.15) is 0 Å². The zero-order chi connectivity index (χ0) is 13.9. The number of benzene rings is 2. The van der Waals surface area contributed by atoms with Gasteiger partial charge in [0, 0.05) is 17.7 Å². The maximum atomic E-state index is 12.5. The molecule has 0 bridgehead atoms. The van der Waals surface area contributed by atoms with Crippen LogP contribution in [-0.4, -0.2) is 5.78 Å². The molecule has 0 saturated heterocycles. The molecule has 102 valence electrons. The molecule has 0 atom stereocenters. The van der Waals surface area contributed by atoms with E-state index < -0.39 is 0 Å². The van der Waals surface area contributed by atoms with E-state index in [0.717, 1.165) is 11.1 Å². The SMILES string of the molecule is Nc1cccc(CC(=O)c2ccccc2C2CCC2)c1. The molecule has 2 N–H and O–H groups in total. The van der Waals surface area contributed by atoms with E-state index in [2.05, 4.69) is 6.07 Å². The summed E-state index contributed by atoms with van der Waals surface area (Å²) in [5, 5.41) is 0. The highest BCUT2D eigenvalue weighted by molar-refractivity contribution is 5.99. The lowest BCUT2D eigenvalue weighted by atomic mass is 9.77. The van der Waals surface area contributed by atoms with E-state index in [4.69, 9.17) is 5.73 Å². The van der Waals surface area contributed by atoms with Crippen LogP contribution in [0.2, 0.25) is 0 Å². The maximum Gasteiger partial charge on any atom is 0.167 e. The summed E-state index contributed by atoms with van der Waals surface area (Å²) in [6.07, 6.45) is 4.13. The number of carbonyl (C=O) groups excluding carboxylic acids is 1. The third-order valence-corrected chi connectivity index (χ3v) is 4.12. The molecule has 0 unspecified atom stereocenters. The quantitative estimate of drug-likeness (QED) is 0.671. The van der Waals surface area contributed by atoms with Gasteiger partial charge in [0.2, 0.25) is 0 Å². The fraction of sp³-hybridized carbons (Fsp3) is 0.278. The molecule has 2 aromatic carbocycles. The molecule has 0 radical (unpaired) electrons. The van der Waals surface area contributed by atoms with Gasteiger partial charge in [0.15, 0.2) is 5.78 Å². The third-order valence-electron chi connectivity index (χ3n) is 4.12. The number of nitrogen functional groups attached to an aromatic ring is 1. The molecule has 0 spiro atoms. The number of anilines is 1. The average Bonchev–Trinajstić information content (AvgIpc) is 2.37. The molecule has 1 fully saturated rings. The number of nitrogens with two attached hydrogens (primary N) is 1. The van der Waals surface area contributed by atoms with Gasteiger partial charge in [-0.25, -0.2) is 0 Å². The van der Waals surface area contributed by atoms with Crippen molar-refractivity contribution in [2.75, 3.05) is 5.73 Å². The van der Waals surface area contributed by atoms with Crippen LogP contribution in [0, 0.1) is 0 Å². The van der Waals surface area contributed by atoms with E-state index in [1.165, 1.54) is 24.8 Å². The van der Waals surface area contributed by atoms with Crippen LogP contribution in [0.4, 0.5) is 5.69 Å². The first-order valence-corrected chi connectivity index (χ1v) is 7.20. The Kier molecular flexibility index (Phi) is 3.55. The van der Waals surface area contributed by atoms with Crippen molar-refractivity contribution in [3.8, 4) is 0 Å². The van der Waals surface area contributed by atoms with Crippen LogP contribution in [-0.2, 0) is 6.42 Å². The summed E-state index contributed by atoms with van der Waals surface area (Å²) in [5.74, 6) is 0.772. The molecule has 0 aliphatic heterocycles. The van der Waals surface area contributed by atoms with Gasteiger partial charge in [-0.3, -0.25) is 4.79 Å². The molecule has 20 heavy (non-hydrogen) atoms. The Hall–Kier alpha value is -2.09. The molecule has 1 saturated carbocycles. The zero-order valence-corrected chi connectivity index (χ0v) is 11.5. The summed E-state index contributed by atoms with van der Waals surface area (Å²) in [7, 11) is 0. The molecule has 3 rings (SSSR count). The Labute approximate surface area is 119 Å². The minimum absolute atomic E-state index is 0.193. The lowest BCUT2D eigenvalue weighted by Gasteiger charge is -2.27. The molecular formula is C18H19NO. The largest absolute Gasteiger partial charge is 0.399 e. The van der Waals surface area contributed by atoms with E-state index in [1.54, 1.807) is 0 Å². The van der Waals surface area contributed by atoms with Gasteiger partial charge in [0.25, 0.3) is 0 Å². The van der Waals surface area contributed by atoms with Crippen LogP contribution in [0.1, 0.15) is 46.7 Å². The van der Waals surface area contributed by atoms with E-state index >= 15 is 0 Å². The normalized spacial score (nSPS) is 14.8. The van der Waals surface area contributed by atoms with Crippen molar-refractivity contribution in [3.05, 3.63) is 65.2 Å². The van der Waals surface area contributed by atoms with Crippen LogP contribution in [0.5, 0.6) is 0 Å². The van der Waals surface area contributed by atoms with Crippen molar-refractivity contribution in [2.24, 2.45) is 0 Å². The predicted molar refractivity (Wildman–Crippen MR) is 81.9 cm³/mol. The van der Waals surface area contributed by atoms with E-state index in [9.17, 15) is 4.79 Å². The molecule has 2 heteroatoms.